The van der Waals surface area contributed by atoms with Gasteiger partial charge in [-0.05, 0) is 109 Å². The normalized spacial score (nSPS) is 23.9. The van der Waals surface area contributed by atoms with Crippen LogP contribution in [0.15, 0.2) is 127 Å². The molecular weight excluding hydrogens is 749 g/mol. The van der Waals surface area contributed by atoms with E-state index in [1.807, 2.05) is 78.8 Å². The number of nitrogens with zero attached hydrogens (tertiary/aromatic N) is 2. The molecule has 0 saturated heterocycles. The summed E-state index contributed by atoms with van der Waals surface area (Å²) in [5.41, 5.74) is 5.80. The van der Waals surface area contributed by atoms with Gasteiger partial charge in [0.25, 0.3) is 0 Å². The Morgan fingerprint density at radius 1 is 0.914 bits per heavy atom. The Morgan fingerprint density at radius 2 is 1.71 bits per heavy atom. The number of carbonyl (C=O) groups excluding carboxylic acids is 1. The lowest BCUT2D eigenvalue weighted by Gasteiger charge is -2.58. The fourth-order valence-corrected chi connectivity index (χ4v) is 10.4. The molecule has 2 aliphatic carbocycles. The highest BCUT2D eigenvalue weighted by Crippen LogP contribution is 2.62. The van der Waals surface area contributed by atoms with Crippen LogP contribution >= 0.6 is 11.8 Å². The van der Waals surface area contributed by atoms with Gasteiger partial charge in [0.1, 0.15) is 30.1 Å². The van der Waals surface area contributed by atoms with Crippen LogP contribution in [0.3, 0.4) is 0 Å². The summed E-state index contributed by atoms with van der Waals surface area (Å²) < 4.78 is 20.8. The first-order valence-electron chi connectivity index (χ1n) is 20.5. The van der Waals surface area contributed by atoms with Crippen LogP contribution in [0.2, 0.25) is 0 Å². The van der Waals surface area contributed by atoms with Crippen molar-refractivity contribution in [2.24, 2.45) is 22.9 Å². The van der Waals surface area contributed by atoms with E-state index in [1.165, 1.54) is 5.56 Å². The predicted octanol–water partition coefficient (Wildman–Crippen LogP) is 9.50. The smallest absolute Gasteiger partial charge is 0.230 e. The second-order valence-electron chi connectivity index (χ2n) is 15.3. The molecule has 2 N–H and O–H groups in total. The second kappa shape index (κ2) is 20.3. The van der Waals surface area contributed by atoms with Crippen molar-refractivity contribution in [1.82, 2.24) is 4.98 Å². The molecule has 0 radical (unpaired) electrons. The molecule has 9 nitrogen and oxygen atoms in total. The third-order valence-corrected chi connectivity index (χ3v) is 12.9. The van der Waals surface area contributed by atoms with Crippen LogP contribution in [-0.2, 0) is 22.6 Å². The minimum atomic E-state index is -1.06. The number of aldehydes is 1. The van der Waals surface area contributed by atoms with Gasteiger partial charge in [0.05, 0.1) is 23.5 Å². The van der Waals surface area contributed by atoms with Crippen LogP contribution in [0.25, 0.3) is 0 Å². The zero-order valence-corrected chi connectivity index (χ0v) is 33.8. The first-order chi connectivity index (χ1) is 28.6. The van der Waals surface area contributed by atoms with Crippen LogP contribution < -0.4 is 9.47 Å². The summed E-state index contributed by atoms with van der Waals surface area (Å²) in [5.74, 6) is 1.73. The molecule has 1 aliphatic heterocycles. The van der Waals surface area contributed by atoms with Crippen LogP contribution in [-0.4, -0.2) is 63.8 Å². The Labute approximate surface area is 346 Å². The average Bonchev–Trinajstić information content (AvgIpc) is 3.25. The average molecular weight is 803 g/mol. The minimum absolute atomic E-state index is 0.0702. The van der Waals surface area contributed by atoms with Gasteiger partial charge < -0.3 is 29.3 Å². The van der Waals surface area contributed by atoms with E-state index in [-0.39, 0.29) is 42.1 Å². The molecule has 304 valence electrons. The maximum atomic E-state index is 11.6. The number of aliphatic hydroxyl groups excluding tert-OH is 2. The number of oxime groups is 1. The molecule has 1 saturated carbocycles. The van der Waals surface area contributed by atoms with Crippen LogP contribution in [0, 0.1) is 17.8 Å². The summed E-state index contributed by atoms with van der Waals surface area (Å²) in [5, 5.41) is 24.6. The number of hydrogen-bond acceptors (Lipinski definition) is 10. The number of unbranched alkanes of at least 4 members (excludes halogenated alkanes) is 2. The van der Waals surface area contributed by atoms with Gasteiger partial charge in [-0.2, -0.15) is 11.8 Å². The van der Waals surface area contributed by atoms with Gasteiger partial charge >= 0.3 is 0 Å². The van der Waals surface area contributed by atoms with E-state index >= 15 is 0 Å². The Bertz CT molecular complexity index is 2020. The summed E-state index contributed by atoms with van der Waals surface area (Å²) in [7, 11) is 0. The highest BCUT2D eigenvalue weighted by atomic mass is 32.2. The van der Waals surface area contributed by atoms with Gasteiger partial charge in [0, 0.05) is 49.1 Å². The Balaban J connectivity index is 1.36. The van der Waals surface area contributed by atoms with Crippen molar-refractivity contribution in [1.29, 1.82) is 0 Å². The Morgan fingerprint density at radius 3 is 2.48 bits per heavy atom. The molecule has 0 spiro atoms. The van der Waals surface area contributed by atoms with Crippen LogP contribution in [0.1, 0.15) is 77.9 Å². The lowest BCUT2D eigenvalue weighted by Crippen LogP contribution is -2.64. The first-order valence-corrected chi connectivity index (χ1v) is 21.6. The van der Waals surface area contributed by atoms with E-state index in [1.54, 1.807) is 18.2 Å². The SMILES string of the molecule is C=CCOC12Oc3ccc(Oc4cccc(C=O)c4)cc3C3C(CCCCO)C(CCCCO)C=C(C(=NOCc4ccccc4)CC1SCCc1ccncc1)C32. The Hall–Kier alpha value is -4.74. The molecule has 1 aromatic heterocycles. The van der Waals surface area contributed by atoms with Crippen LogP contribution in [0.5, 0.6) is 17.2 Å². The molecule has 4 aromatic rings. The van der Waals surface area contributed by atoms with Gasteiger partial charge in [-0.25, -0.2) is 0 Å². The molecular formula is C48H54N2O7S. The number of aliphatic hydroxyl groups is 2. The largest absolute Gasteiger partial charge is 0.460 e. The maximum Gasteiger partial charge on any atom is 0.230 e. The lowest BCUT2D eigenvalue weighted by molar-refractivity contribution is -0.223. The van der Waals surface area contributed by atoms with Gasteiger partial charge in [0.15, 0.2) is 0 Å². The topological polar surface area (TPSA) is 120 Å². The lowest BCUT2D eigenvalue weighted by atomic mass is 9.56. The zero-order chi connectivity index (χ0) is 40.2. The number of pyridine rings is 1. The van der Waals surface area contributed by atoms with E-state index in [0.29, 0.717) is 43.1 Å². The third kappa shape index (κ3) is 9.58. The van der Waals surface area contributed by atoms with Gasteiger partial charge in [-0.3, -0.25) is 9.78 Å². The molecule has 0 bridgehead atoms. The predicted molar refractivity (Wildman–Crippen MR) is 228 cm³/mol. The summed E-state index contributed by atoms with van der Waals surface area (Å²) in [4.78, 5) is 22.0. The van der Waals surface area contributed by atoms with Crippen molar-refractivity contribution in [2.75, 3.05) is 25.6 Å². The number of carbonyl (C=O) groups is 1. The highest BCUT2D eigenvalue weighted by Gasteiger charge is 2.64. The summed E-state index contributed by atoms with van der Waals surface area (Å²) in [6.45, 7) is 4.98. The number of rotatable bonds is 21. The van der Waals surface area contributed by atoms with Crippen molar-refractivity contribution in [3.63, 3.8) is 0 Å². The van der Waals surface area contributed by atoms with Crippen molar-refractivity contribution in [2.45, 2.75) is 74.9 Å². The van der Waals surface area contributed by atoms with Crippen molar-refractivity contribution in [3.8, 4) is 17.2 Å². The molecule has 2 heterocycles. The summed E-state index contributed by atoms with van der Waals surface area (Å²) >= 11 is 1.84. The fourth-order valence-electron chi connectivity index (χ4n) is 8.95. The molecule has 0 amide bonds. The summed E-state index contributed by atoms with van der Waals surface area (Å²) in [6.07, 6.45) is 15.1. The maximum absolute atomic E-state index is 11.6. The van der Waals surface area contributed by atoms with Gasteiger partial charge in [-0.1, -0.05) is 72.6 Å². The molecule has 3 aromatic carbocycles. The molecule has 3 aliphatic rings. The van der Waals surface area contributed by atoms with Crippen LogP contribution in [0.4, 0.5) is 0 Å². The quantitative estimate of drug-likeness (QED) is 0.0368. The highest BCUT2D eigenvalue weighted by molar-refractivity contribution is 8.00. The standard InChI is InChI=1S/C48H54N2O7S/c1-2-26-54-48-45(58-27-21-34-19-22-49-23-20-34)31-43(50-55-33-35-11-4-3-5-12-35)41-29-37(14-6-8-24-51)40(16-7-9-25-52)46(47(41)48)42-30-39(17-18-44(42)57-48)56-38-15-10-13-36(28-38)32-53/h2-5,10-13,15,17-20,22-23,28-30,32,37,40,45-47,51-52H,1,6-9,14,16,21,24-27,31,33H2. The first kappa shape index (κ1) is 41.4. The number of ether oxygens (including phenoxy) is 3. The number of allylic oxidation sites excluding steroid dienone is 1. The number of aromatic nitrogens is 1. The van der Waals surface area contributed by atoms with Gasteiger partial charge in [0.2, 0.25) is 5.79 Å². The zero-order valence-electron chi connectivity index (χ0n) is 33.0. The van der Waals surface area contributed by atoms with E-state index in [4.69, 9.17) is 24.2 Å². The van der Waals surface area contributed by atoms with E-state index in [2.05, 4.69) is 35.8 Å². The number of fused-ring (bicyclic) bond motifs is 2. The molecule has 1 fully saturated rings. The second-order valence-corrected chi connectivity index (χ2v) is 16.6. The monoisotopic (exact) mass is 802 g/mol. The van der Waals surface area contributed by atoms with E-state index in [0.717, 1.165) is 78.7 Å². The number of hydrogen-bond donors (Lipinski definition) is 2. The number of benzene rings is 3. The Kier molecular flexibility index (Phi) is 14.5. The molecule has 7 rings (SSSR count). The molecule has 6 atom stereocenters. The molecule has 6 unspecified atom stereocenters. The van der Waals surface area contributed by atoms with E-state index in [9.17, 15) is 15.0 Å². The van der Waals surface area contributed by atoms with Gasteiger partial charge in [-0.15, -0.1) is 6.58 Å². The number of aryl methyl sites for hydroxylation is 1. The summed E-state index contributed by atoms with van der Waals surface area (Å²) in [6, 6.07) is 27.4. The number of thioether (sulfide) groups is 1. The third-order valence-electron chi connectivity index (χ3n) is 11.6. The van der Waals surface area contributed by atoms with Crippen molar-refractivity contribution >= 4 is 23.8 Å². The molecule has 10 heteroatoms. The van der Waals surface area contributed by atoms with E-state index < -0.39 is 5.79 Å². The minimum Gasteiger partial charge on any atom is -0.460 e. The van der Waals surface area contributed by atoms with Crippen molar-refractivity contribution in [3.05, 3.63) is 144 Å². The fraction of sp³-hybridized carbons (Fsp3) is 0.396. The van der Waals surface area contributed by atoms with Crippen molar-refractivity contribution < 1.29 is 34.1 Å². The molecule has 58 heavy (non-hydrogen) atoms.